The third-order valence-electron chi connectivity index (χ3n) is 4.36. The molecule has 0 aliphatic carbocycles. The monoisotopic (exact) mass is 449 g/mol. The number of carbonyl (C=O) groups excluding carboxylic acids is 3. The molecule has 3 aromatic carbocycles. The number of nitrogens with zero attached hydrogens (tertiary/aromatic N) is 1. The summed E-state index contributed by atoms with van der Waals surface area (Å²) in [6, 6.07) is 20.2. The molecule has 0 aliphatic rings. The van der Waals surface area contributed by atoms with E-state index in [1.165, 1.54) is 12.3 Å². The number of rotatable bonds is 6. The first-order chi connectivity index (χ1) is 15.5. The van der Waals surface area contributed by atoms with Crippen LogP contribution in [0.25, 0.3) is 0 Å². The SMILES string of the molecule is CCc1ccccc1NC(=O)C(=O)N/N=C/c1cccc(OC(=O)c2cccc(Cl)c2)c1. The Hall–Kier alpha value is -3.97. The van der Waals surface area contributed by atoms with Gasteiger partial charge in [-0.2, -0.15) is 5.10 Å². The molecule has 0 bridgehead atoms. The van der Waals surface area contributed by atoms with Gasteiger partial charge in [0, 0.05) is 10.7 Å². The Bertz CT molecular complexity index is 1180. The molecular weight excluding hydrogens is 430 g/mol. The Morgan fingerprint density at radius 2 is 1.75 bits per heavy atom. The van der Waals surface area contributed by atoms with Crippen molar-refractivity contribution in [1.29, 1.82) is 0 Å². The number of hydrogen-bond acceptors (Lipinski definition) is 5. The van der Waals surface area contributed by atoms with Crippen molar-refractivity contribution in [3.8, 4) is 5.75 Å². The smallest absolute Gasteiger partial charge is 0.343 e. The standard InChI is InChI=1S/C24H20ClN3O4/c1-2-17-8-3-4-12-21(17)27-22(29)23(30)28-26-15-16-7-5-11-20(13-16)32-24(31)18-9-6-10-19(25)14-18/h3-15H,2H2,1H3,(H,27,29)(H,28,30)/b26-15+. The number of benzene rings is 3. The molecule has 7 nitrogen and oxygen atoms in total. The lowest BCUT2D eigenvalue weighted by atomic mass is 10.1. The van der Waals surface area contributed by atoms with Gasteiger partial charge in [-0.1, -0.05) is 54.9 Å². The van der Waals surface area contributed by atoms with Crippen LogP contribution in [0, 0.1) is 0 Å². The van der Waals surface area contributed by atoms with Crippen LogP contribution in [0.1, 0.15) is 28.4 Å². The van der Waals surface area contributed by atoms with Gasteiger partial charge in [-0.05, 0) is 53.9 Å². The highest BCUT2D eigenvalue weighted by molar-refractivity contribution is 6.39. The Labute approximate surface area is 190 Å². The Morgan fingerprint density at radius 3 is 2.53 bits per heavy atom. The number of ether oxygens (including phenoxy) is 1. The quantitative estimate of drug-likeness (QED) is 0.194. The molecular formula is C24H20ClN3O4. The van der Waals surface area contributed by atoms with Crippen LogP contribution in [-0.2, 0) is 16.0 Å². The van der Waals surface area contributed by atoms with Gasteiger partial charge in [0.15, 0.2) is 0 Å². The summed E-state index contributed by atoms with van der Waals surface area (Å²) >= 11 is 5.89. The number of esters is 1. The number of para-hydroxylation sites is 1. The first-order valence-electron chi connectivity index (χ1n) is 9.76. The van der Waals surface area contributed by atoms with E-state index in [-0.39, 0.29) is 0 Å². The van der Waals surface area contributed by atoms with E-state index in [9.17, 15) is 14.4 Å². The van der Waals surface area contributed by atoms with Gasteiger partial charge in [0.1, 0.15) is 5.75 Å². The number of carbonyl (C=O) groups is 3. The van der Waals surface area contributed by atoms with Gasteiger partial charge in [0.2, 0.25) is 0 Å². The van der Waals surface area contributed by atoms with E-state index >= 15 is 0 Å². The summed E-state index contributed by atoms with van der Waals surface area (Å²) in [6.07, 6.45) is 2.05. The van der Waals surface area contributed by atoms with Gasteiger partial charge >= 0.3 is 17.8 Å². The second-order valence-corrected chi connectivity index (χ2v) is 7.07. The minimum absolute atomic E-state index is 0.291. The molecule has 0 spiro atoms. The van der Waals surface area contributed by atoms with Gasteiger partial charge < -0.3 is 10.1 Å². The number of halogens is 1. The lowest BCUT2D eigenvalue weighted by molar-refractivity contribution is -0.136. The molecule has 0 saturated carbocycles. The largest absolute Gasteiger partial charge is 0.423 e. The molecule has 32 heavy (non-hydrogen) atoms. The predicted octanol–water partition coefficient (Wildman–Crippen LogP) is 4.21. The zero-order valence-electron chi connectivity index (χ0n) is 17.2. The van der Waals surface area contributed by atoms with Gasteiger partial charge in [-0.3, -0.25) is 9.59 Å². The average Bonchev–Trinajstić information content (AvgIpc) is 2.79. The van der Waals surface area contributed by atoms with Crippen molar-refractivity contribution in [3.63, 3.8) is 0 Å². The van der Waals surface area contributed by atoms with E-state index in [2.05, 4.69) is 15.8 Å². The molecule has 2 amide bonds. The van der Waals surface area contributed by atoms with Crippen LogP contribution >= 0.6 is 11.6 Å². The predicted molar refractivity (Wildman–Crippen MR) is 123 cm³/mol. The molecule has 3 aromatic rings. The van der Waals surface area contributed by atoms with Crippen molar-refractivity contribution < 1.29 is 19.1 Å². The van der Waals surface area contributed by atoms with E-state index in [0.717, 1.165) is 5.56 Å². The fraction of sp³-hybridized carbons (Fsp3) is 0.0833. The number of aryl methyl sites for hydroxylation is 1. The topological polar surface area (TPSA) is 96.9 Å². The number of anilines is 1. The number of amides is 2. The van der Waals surface area contributed by atoms with Crippen LogP contribution in [0.3, 0.4) is 0 Å². The summed E-state index contributed by atoms with van der Waals surface area (Å²) in [5, 5.41) is 6.79. The fourth-order valence-electron chi connectivity index (χ4n) is 2.79. The fourth-order valence-corrected chi connectivity index (χ4v) is 2.98. The van der Waals surface area contributed by atoms with Gasteiger partial charge in [-0.15, -0.1) is 0 Å². The summed E-state index contributed by atoms with van der Waals surface area (Å²) in [7, 11) is 0. The van der Waals surface area contributed by atoms with Crippen molar-refractivity contribution in [2.24, 2.45) is 5.10 Å². The van der Waals surface area contributed by atoms with Crippen molar-refractivity contribution in [2.45, 2.75) is 13.3 Å². The lowest BCUT2D eigenvalue weighted by Crippen LogP contribution is -2.32. The van der Waals surface area contributed by atoms with E-state index in [0.29, 0.717) is 34.0 Å². The Kier molecular flexibility index (Phi) is 7.72. The Morgan fingerprint density at radius 1 is 0.969 bits per heavy atom. The molecule has 2 N–H and O–H groups in total. The number of hydrogen-bond donors (Lipinski definition) is 2. The van der Waals surface area contributed by atoms with Gasteiger partial charge in [0.25, 0.3) is 0 Å². The van der Waals surface area contributed by atoms with Crippen LogP contribution in [0.15, 0.2) is 77.9 Å². The zero-order valence-corrected chi connectivity index (χ0v) is 17.9. The molecule has 0 atom stereocenters. The maximum Gasteiger partial charge on any atom is 0.343 e. The highest BCUT2D eigenvalue weighted by Gasteiger charge is 2.14. The molecule has 0 radical (unpaired) electrons. The third-order valence-corrected chi connectivity index (χ3v) is 4.60. The average molecular weight is 450 g/mol. The molecule has 0 heterocycles. The van der Waals surface area contributed by atoms with Crippen molar-refractivity contribution in [2.75, 3.05) is 5.32 Å². The van der Waals surface area contributed by atoms with E-state index in [1.54, 1.807) is 54.6 Å². The zero-order chi connectivity index (χ0) is 22.9. The molecule has 0 saturated heterocycles. The molecule has 0 unspecified atom stereocenters. The highest BCUT2D eigenvalue weighted by atomic mass is 35.5. The van der Waals surface area contributed by atoms with Crippen molar-refractivity contribution in [1.82, 2.24) is 5.43 Å². The molecule has 0 aliphatic heterocycles. The van der Waals surface area contributed by atoms with Crippen LogP contribution in [0.2, 0.25) is 5.02 Å². The van der Waals surface area contributed by atoms with E-state index < -0.39 is 17.8 Å². The lowest BCUT2D eigenvalue weighted by Gasteiger charge is -2.08. The normalized spacial score (nSPS) is 10.6. The van der Waals surface area contributed by atoms with Crippen molar-refractivity contribution in [3.05, 3.63) is 94.5 Å². The second-order valence-electron chi connectivity index (χ2n) is 6.64. The van der Waals surface area contributed by atoms with Gasteiger partial charge in [-0.25, -0.2) is 10.2 Å². The molecule has 162 valence electrons. The van der Waals surface area contributed by atoms with Crippen LogP contribution in [0.4, 0.5) is 5.69 Å². The second kappa shape index (κ2) is 10.9. The summed E-state index contributed by atoms with van der Waals surface area (Å²) in [5.74, 6) is -2.00. The maximum absolute atomic E-state index is 12.2. The summed E-state index contributed by atoms with van der Waals surface area (Å²) < 4.78 is 5.34. The molecule has 8 heteroatoms. The molecule has 0 fully saturated rings. The van der Waals surface area contributed by atoms with Crippen molar-refractivity contribution >= 4 is 41.3 Å². The first kappa shape index (κ1) is 22.7. The van der Waals surface area contributed by atoms with Crippen LogP contribution in [-0.4, -0.2) is 24.0 Å². The summed E-state index contributed by atoms with van der Waals surface area (Å²) in [6.45, 7) is 1.95. The molecule has 3 rings (SSSR count). The first-order valence-corrected chi connectivity index (χ1v) is 10.1. The van der Waals surface area contributed by atoms with Crippen LogP contribution < -0.4 is 15.5 Å². The van der Waals surface area contributed by atoms with E-state index in [4.69, 9.17) is 16.3 Å². The minimum Gasteiger partial charge on any atom is -0.423 e. The van der Waals surface area contributed by atoms with Gasteiger partial charge in [0.05, 0.1) is 11.8 Å². The number of hydrazone groups is 1. The summed E-state index contributed by atoms with van der Waals surface area (Å²) in [4.78, 5) is 36.3. The minimum atomic E-state index is -0.907. The Balaban J connectivity index is 1.58. The van der Waals surface area contributed by atoms with Crippen LogP contribution in [0.5, 0.6) is 5.75 Å². The third kappa shape index (κ3) is 6.26. The summed E-state index contributed by atoms with van der Waals surface area (Å²) in [5.41, 5.74) is 4.55. The van der Waals surface area contributed by atoms with E-state index in [1.807, 2.05) is 19.1 Å². The molecule has 0 aromatic heterocycles. The maximum atomic E-state index is 12.2. The number of nitrogens with one attached hydrogen (secondary N) is 2. The highest BCUT2D eigenvalue weighted by Crippen LogP contribution is 2.17.